The van der Waals surface area contributed by atoms with Gasteiger partial charge in [-0.2, -0.15) is 5.10 Å². The average Bonchev–Trinajstić information content (AvgIpc) is 3.29. The molecule has 3 aromatic carbocycles. The van der Waals surface area contributed by atoms with Crippen molar-refractivity contribution in [1.29, 1.82) is 0 Å². The topological polar surface area (TPSA) is 80.6 Å². The number of hydrazone groups is 1. The van der Waals surface area contributed by atoms with Crippen LogP contribution in [0, 0.1) is 0 Å². The summed E-state index contributed by atoms with van der Waals surface area (Å²) in [7, 11) is 4.73. The lowest BCUT2D eigenvalue weighted by atomic mass is 9.98. The summed E-state index contributed by atoms with van der Waals surface area (Å²) in [4.78, 5) is 13.5. The van der Waals surface area contributed by atoms with E-state index in [0.29, 0.717) is 12.2 Å². The highest BCUT2D eigenvalue weighted by Crippen LogP contribution is 2.36. The number of benzene rings is 3. The van der Waals surface area contributed by atoms with Gasteiger partial charge >= 0.3 is 0 Å². The van der Waals surface area contributed by atoms with E-state index in [9.17, 15) is 9.90 Å². The molecule has 7 nitrogen and oxygen atoms in total. The molecule has 0 bridgehead atoms. The van der Waals surface area contributed by atoms with Gasteiger partial charge in [0, 0.05) is 6.42 Å². The Morgan fingerprint density at radius 3 is 2.03 bits per heavy atom. The first-order valence-corrected chi connectivity index (χ1v) is 10.1. The van der Waals surface area contributed by atoms with Crippen molar-refractivity contribution in [2.75, 3.05) is 21.3 Å². The van der Waals surface area contributed by atoms with Crippen LogP contribution in [0.25, 0.3) is 0 Å². The number of nitrogens with zero attached hydrogens (tertiary/aromatic N) is 2. The second-order valence-corrected chi connectivity index (χ2v) is 7.30. The van der Waals surface area contributed by atoms with Gasteiger partial charge in [-0.3, -0.25) is 4.79 Å². The molecular formula is C25H24N2O5. The van der Waals surface area contributed by atoms with Crippen LogP contribution < -0.4 is 14.2 Å². The van der Waals surface area contributed by atoms with Crippen LogP contribution in [0.3, 0.4) is 0 Å². The molecule has 1 N–H and O–H groups in total. The van der Waals surface area contributed by atoms with Crippen LogP contribution >= 0.6 is 0 Å². The van der Waals surface area contributed by atoms with Crippen LogP contribution in [0.5, 0.6) is 23.0 Å². The number of hydrogen-bond donors (Lipinski definition) is 1. The van der Waals surface area contributed by atoms with Crippen molar-refractivity contribution in [1.82, 2.24) is 5.01 Å². The molecule has 4 rings (SSSR count). The lowest BCUT2D eigenvalue weighted by Crippen LogP contribution is -2.27. The standard InChI is InChI=1S/C25H24N2O5/c1-30-18-8-4-16(5-9-18)22-15-23(17-6-10-19(31-2)11-7-17)27(26-22)25(29)21-14-20(32-3)12-13-24(21)28/h4-14,23,28H,15H2,1-3H3. The van der Waals surface area contributed by atoms with E-state index >= 15 is 0 Å². The minimum atomic E-state index is -0.411. The number of rotatable bonds is 6. The minimum absolute atomic E-state index is 0.127. The largest absolute Gasteiger partial charge is 0.507 e. The summed E-state index contributed by atoms with van der Waals surface area (Å²) in [6.45, 7) is 0. The Kier molecular flexibility index (Phi) is 5.98. The van der Waals surface area contributed by atoms with E-state index in [1.807, 2.05) is 48.5 Å². The summed E-state index contributed by atoms with van der Waals surface area (Å²) in [5, 5.41) is 16.4. The molecule has 0 saturated carbocycles. The van der Waals surface area contributed by atoms with Crippen molar-refractivity contribution >= 4 is 11.6 Å². The molecule has 0 spiro atoms. The van der Waals surface area contributed by atoms with Gasteiger partial charge in [0.1, 0.15) is 23.0 Å². The number of phenolic OH excluding ortho intramolecular Hbond substituents is 1. The van der Waals surface area contributed by atoms with Gasteiger partial charge in [-0.05, 0) is 65.7 Å². The smallest absolute Gasteiger partial charge is 0.278 e. The zero-order chi connectivity index (χ0) is 22.7. The lowest BCUT2D eigenvalue weighted by Gasteiger charge is -2.23. The fraction of sp³-hybridized carbons (Fsp3) is 0.200. The number of carbonyl (C=O) groups excluding carboxylic acids is 1. The third-order valence-electron chi connectivity index (χ3n) is 5.48. The zero-order valence-electron chi connectivity index (χ0n) is 18.1. The highest BCUT2D eigenvalue weighted by molar-refractivity contribution is 6.05. The quantitative estimate of drug-likeness (QED) is 0.624. The monoisotopic (exact) mass is 432 g/mol. The Morgan fingerprint density at radius 2 is 1.44 bits per heavy atom. The maximum Gasteiger partial charge on any atom is 0.278 e. The Hall–Kier alpha value is -4.00. The van der Waals surface area contributed by atoms with Crippen LogP contribution in [0.15, 0.2) is 71.8 Å². The predicted molar refractivity (Wildman–Crippen MR) is 121 cm³/mol. The average molecular weight is 432 g/mol. The Balaban J connectivity index is 1.74. The van der Waals surface area contributed by atoms with E-state index in [2.05, 4.69) is 5.10 Å². The third kappa shape index (κ3) is 4.09. The van der Waals surface area contributed by atoms with Gasteiger partial charge in [-0.25, -0.2) is 5.01 Å². The van der Waals surface area contributed by atoms with Crippen molar-refractivity contribution < 1.29 is 24.1 Å². The first kappa shape index (κ1) is 21.2. The summed E-state index contributed by atoms with van der Waals surface area (Å²) in [6, 6.07) is 19.3. The third-order valence-corrected chi connectivity index (χ3v) is 5.48. The summed E-state index contributed by atoms with van der Waals surface area (Å²) >= 11 is 0. The molecule has 1 heterocycles. The highest BCUT2D eigenvalue weighted by Gasteiger charge is 2.34. The maximum absolute atomic E-state index is 13.5. The molecular weight excluding hydrogens is 408 g/mol. The van der Waals surface area contributed by atoms with E-state index in [4.69, 9.17) is 14.2 Å². The van der Waals surface area contributed by atoms with Gasteiger partial charge < -0.3 is 19.3 Å². The summed E-state index contributed by atoms with van der Waals surface area (Å²) in [5.74, 6) is 1.41. The minimum Gasteiger partial charge on any atom is -0.507 e. The predicted octanol–water partition coefficient (Wildman–Crippen LogP) is 4.41. The van der Waals surface area contributed by atoms with Crippen LogP contribution in [0.2, 0.25) is 0 Å². The number of aromatic hydroxyl groups is 1. The normalized spacial score (nSPS) is 15.3. The fourth-order valence-corrected chi connectivity index (χ4v) is 3.68. The molecule has 0 aromatic heterocycles. The first-order chi connectivity index (χ1) is 15.5. The first-order valence-electron chi connectivity index (χ1n) is 10.1. The number of methoxy groups -OCH3 is 3. The van der Waals surface area contributed by atoms with E-state index in [0.717, 1.165) is 28.3 Å². The van der Waals surface area contributed by atoms with Gasteiger partial charge in [-0.1, -0.05) is 12.1 Å². The summed E-state index contributed by atoms with van der Waals surface area (Å²) < 4.78 is 15.7. The number of amides is 1. The zero-order valence-corrected chi connectivity index (χ0v) is 18.1. The number of phenols is 1. The van der Waals surface area contributed by atoms with Crippen molar-refractivity contribution in [3.63, 3.8) is 0 Å². The Morgan fingerprint density at radius 1 is 0.875 bits per heavy atom. The second kappa shape index (κ2) is 9.01. The number of ether oxygens (including phenoxy) is 3. The van der Waals surface area contributed by atoms with Crippen LogP contribution in [0.4, 0.5) is 0 Å². The van der Waals surface area contributed by atoms with Gasteiger partial charge in [-0.15, -0.1) is 0 Å². The molecule has 1 aliphatic heterocycles. The number of carbonyl (C=O) groups is 1. The van der Waals surface area contributed by atoms with Gasteiger partial charge in [0.15, 0.2) is 0 Å². The molecule has 164 valence electrons. The van der Waals surface area contributed by atoms with Gasteiger partial charge in [0.2, 0.25) is 0 Å². The van der Waals surface area contributed by atoms with Gasteiger partial charge in [0.05, 0.1) is 38.6 Å². The van der Waals surface area contributed by atoms with Crippen LogP contribution in [-0.4, -0.2) is 43.1 Å². The molecule has 32 heavy (non-hydrogen) atoms. The van der Waals surface area contributed by atoms with Crippen LogP contribution in [0.1, 0.15) is 33.9 Å². The molecule has 3 aromatic rings. The van der Waals surface area contributed by atoms with Gasteiger partial charge in [0.25, 0.3) is 5.91 Å². The molecule has 7 heteroatoms. The Bertz CT molecular complexity index is 1140. The molecule has 1 unspecified atom stereocenters. The van der Waals surface area contributed by atoms with Crippen molar-refractivity contribution in [3.8, 4) is 23.0 Å². The molecule has 1 aliphatic rings. The molecule has 0 fully saturated rings. The molecule has 1 amide bonds. The van der Waals surface area contributed by atoms with E-state index in [1.165, 1.54) is 24.3 Å². The fourth-order valence-electron chi connectivity index (χ4n) is 3.68. The molecule has 1 atom stereocenters. The van der Waals surface area contributed by atoms with Crippen molar-refractivity contribution in [3.05, 3.63) is 83.4 Å². The lowest BCUT2D eigenvalue weighted by molar-refractivity contribution is 0.0707. The van der Waals surface area contributed by atoms with E-state index in [-0.39, 0.29) is 17.4 Å². The van der Waals surface area contributed by atoms with E-state index < -0.39 is 5.91 Å². The van der Waals surface area contributed by atoms with Crippen LogP contribution in [-0.2, 0) is 0 Å². The maximum atomic E-state index is 13.5. The second-order valence-electron chi connectivity index (χ2n) is 7.30. The van der Waals surface area contributed by atoms with Crippen molar-refractivity contribution in [2.45, 2.75) is 12.5 Å². The molecule has 0 aliphatic carbocycles. The SMILES string of the molecule is COc1ccc(C2=NN(C(=O)c3cc(OC)ccc3O)C(c3ccc(OC)cc3)C2)cc1. The van der Waals surface area contributed by atoms with E-state index in [1.54, 1.807) is 20.3 Å². The highest BCUT2D eigenvalue weighted by atomic mass is 16.5. The summed E-state index contributed by atoms with van der Waals surface area (Å²) in [5.41, 5.74) is 2.70. The molecule has 0 radical (unpaired) electrons. The Labute approximate surface area is 186 Å². The number of hydrogen-bond acceptors (Lipinski definition) is 6. The molecule has 0 saturated heterocycles. The summed E-state index contributed by atoms with van der Waals surface area (Å²) in [6.07, 6.45) is 0.523. The van der Waals surface area contributed by atoms with Crippen molar-refractivity contribution in [2.24, 2.45) is 5.10 Å².